The van der Waals surface area contributed by atoms with Crippen LogP contribution in [0.15, 0.2) is 33.5 Å². The summed E-state index contributed by atoms with van der Waals surface area (Å²) in [6, 6.07) is 6.96. The summed E-state index contributed by atoms with van der Waals surface area (Å²) in [5, 5.41) is 3.95. The number of hydrogen-bond acceptors (Lipinski definition) is 4. The highest BCUT2D eigenvalue weighted by atomic mass is 16.5. The molecule has 1 aliphatic rings. The number of fused-ring (bicyclic) bond motifs is 1. The smallest absolute Gasteiger partial charge is 0.336 e. The lowest BCUT2D eigenvalue weighted by Crippen LogP contribution is -2.45. The third-order valence-corrected chi connectivity index (χ3v) is 5.35. The first kappa shape index (κ1) is 17.5. The van der Waals surface area contributed by atoms with Gasteiger partial charge in [-0.05, 0) is 42.9 Å². The molecule has 134 valence electrons. The van der Waals surface area contributed by atoms with Crippen molar-refractivity contribution in [2.75, 3.05) is 6.61 Å². The average molecular weight is 343 g/mol. The van der Waals surface area contributed by atoms with Gasteiger partial charge in [-0.25, -0.2) is 4.79 Å². The van der Waals surface area contributed by atoms with Gasteiger partial charge in [-0.2, -0.15) is 0 Å². The molecule has 2 aromatic rings. The molecule has 3 atom stereocenters. The summed E-state index contributed by atoms with van der Waals surface area (Å²) in [7, 11) is 0. The van der Waals surface area contributed by atoms with E-state index in [0.29, 0.717) is 23.2 Å². The van der Waals surface area contributed by atoms with Gasteiger partial charge >= 0.3 is 5.63 Å². The number of nitrogens with one attached hydrogen (secondary N) is 1. The van der Waals surface area contributed by atoms with Crippen molar-refractivity contribution in [3.8, 4) is 5.75 Å². The van der Waals surface area contributed by atoms with E-state index >= 15 is 0 Å². The first-order valence-electron chi connectivity index (χ1n) is 8.90. The number of carbonyl (C=O) groups is 1. The van der Waals surface area contributed by atoms with E-state index in [1.165, 1.54) is 12.5 Å². The minimum atomic E-state index is -0.389. The predicted molar refractivity (Wildman–Crippen MR) is 96.8 cm³/mol. The summed E-state index contributed by atoms with van der Waals surface area (Å²) in [5.41, 5.74) is 0.939. The Balaban J connectivity index is 1.62. The summed E-state index contributed by atoms with van der Waals surface area (Å²) in [4.78, 5) is 23.7. The number of carbonyl (C=O) groups excluding carboxylic acids is 1. The molecular formula is C20H25NO4. The number of aryl methyl sites for hydroxylation is 1. The molecule has 5 heteroatoms. The molecule has 0 aliphatic heterocycles. The van der Waals surface area contributed by atoms with Gasteiger partial charge in [0, 0.05) is 23.6 Å². The molecule has 25 heavy (non-hydrogen) atoms. The molecule has 0 spiro atoms. The van der Waals surface area contributed by atoms with E-state index in [0.717, 1.165) is 23.8 Å². The highest BCUT2D eigenvalue weighted by Crippen LogP contribution is 2.29. The minimum Gasteiger partial charge on any atom is -0.484 e. The third kappa shape index (κ3) is 4.03. The summed E-state index contributed by atoms with van der Waals surface area (Å²) < 4.78 is 10.8. The van der Waals surface area contributed by atoms with Crippen LogP contribution in [0.2, 0.25) is 0 Å². The highest BCUT2D eigenvalue weighted by Gasteiger charge is 2.28. The Hall–Kier alpha value is -2.30. The van der Waals surface area contributed by atoms with E-state index in [9.17, 15) is 9.59 Å². The Labute approximate surface area is 147 Å². The normalized spacial score (nSPS) is 23.4. The Kier molecular flexibility index (Phi) is 5.11. The van der Waals surface area contributed by atoms with Crippen LogP contribution in [-0.4, -0.2) is 18.6 Å². The standard InChI is InChI=1S/C20H25NO4/c1-12-5-4-6-17(14(12)3)21-19(22)11-24-15-7-8-16-13(2)9-20(23)25-18(16)10-15/h7-10,12,14,17H,4-6,11H2,1-3H3,(H,21,22). The fourth-order valence-corrected chi connectivity index (χ4v) is 3.58. The van der Waals surface area contributed by atoms with Gasteiger partial charge in [-0.15, -0.1) is 0 Å². The average Bonchev–Trinajstić information content (AvgIpc) is 2.56. The zero-order valence-electron chi connectivity index (χ0n) is 15.0. The van der Waals surface area contributed by atoms with Crippen molar-refractivity contribution in [3.63, 3.8) is 0 Å². The molecule has 0 saturated heterocycles. The SMILES string of the molecule is Cc1cc(=O)oc2cc(OCC(=O)NC3CCCC(C)C3C)ccc12. The number of amides is 1. The fraction of sp³-hybridized carbons (Fsp3) is 0.500. The Bertz CT molecular complexity index is 826. The van der Waals surface area contributed by atoms with Crippen molar-refractivity contribution in [3.05, 3.63) is 40.2 Å². The summed E-state index contributed by atoms with van der Waals surface area (Å²) in [6.07, 6.45) is 3.41. The molecule has 1 aromatic heterocycles. The minimum absolute atomic E-state index is 0.0425. The van der Waals surface area contributed by atoms with E-state index in [-0.39, 0.29) is 24.2 Å². The zero-order chi connectivity index (χ0) is 18.0. The molecule has 0 radical (unpaired) electrons. The predicted octanol–water partition coefficient (Wildman–Crippen LogP) is 3.42. The van der Waals surface area contributed by atoms with Crippen LogP contribution in [0.5, 0.6) is 5.75 Å². The van der Waals surface area contributed by atoms with Crippen LogP contribution < -0.4 is 15.7 Å². The maximum atomic E-state index is 12.2. The van der Waals surface area contributed by atoms with Crippen LogP contribution >= 0.6 is 0 Å². The van der Waals surface area contributed by atoms with E-state index < -0.39 is 0 Å². The molecule has 1 aromatic carbocycles. The Morgan fingerprint density at radius 1 is 1.28 bits per heavy atom. The second-order valence-corrected chi connectivity index (χ2v) is 7.14. The molecular weight excluding hydrogens is 318 g/mol. The summed E-state index contributed by atoms with van der Waals surface area (Å²) in [6.45, 7) is 6.26. The van der Waals surface area contributed by atoms with Crippen molar-refractivity contribution in [2.24, 2.45) is 11.8 Å². The maximum absolute atomic E-state index is 12.2. The lowest BCUT2D eigenvalue weighted by atomic mass is 9.78. The van der Waals surface area contributed by atoms with Gasteiger partial charge in [0.2, 0.25) is 0 Å². The summed E-state index contributed by atoms with van der Waals surface area (Å²) in [5.74, 6) is 1.51. The van der Waals surface area contributed by atoms with Gasteiger partial charge in [-0.1, -0.05) is 26.7 Å². The molecule has 0 bridgehead atoms. The molecule has 3 unspecified atom stereocenters. The number of ether oxygens (including phenoxy) is 1. The maximum Gasteiger partial charge on any atom is 0.336 e. The number of rotatable bonds is 4. The zero-order valence-corrected chi connectivity index (χ0v) is 15.0. The highest BCUT2D eigenvalue weighted by molar-refractivity contribution is 5.81. The second kappa shape index (κ2) is 7.30. The van der Waals surface area contributed by atoms with Crippen molar-refractivity contribution < 1.29 is 13.9 Å². The van der Waals surface area contributed by atoms with E-state index in [1.54, 1.807) is 12.1 Å². The van der Waals surface area contributed by atoms with Gasteiger partial charge in [0.15, 0.2) is 6.61 Å². The molecule has 1 heterocycles. The lowest BCUT2D eigenvalue weighted by molar-refractivity contribution is -0.124. The van der Waals surface area contributed by atoms with Gasteiger partial charge in [-0.3, -0.25) is 4.79 Å². The van der Waals surface area contributed by atoms with Crippen LogP contribution in [0.25, 0.3) is 11.0 Å². The second-order valence-electron chi connectivity index (χ2n) is 7.14. The van der Waals surface area contributed by atoms with Crippen molar-refractivity contribution in [2.45, 2.75) is 46.1 Å². The third-order valence-electron chi connectivity index (χ3n) is 5.35. The van der Waals surface area contributed by atoms with Crippen LogP contribution in [0.3, 0.4) is 0 Å². The van der Waals surface area contributed by atoms with Crippen LogP contribution in [0.4, 0.5) is 0 Å². The molecule has 3 rings (SSSR count). The van der Waals surface area contributed by atoms with Crippen molar-refractivity contribution in [1.29, 1.82) is 0 Å². The van der Waals surface area contributed by atoms with E-state index in [4.69, 9.17) is 9.15 Å². The van der Waals surface area contributed by atoms with Crippen LogP contribution in [0.1, 0.15) is 38.7 Å². The molecule has 1 amide bonds. The molecule has 5 nitrogen and oxygen atoms in total. The number of hydrogen-bond donors (Lipinski definition) is 1. The van der Waals surface area contributed by atoms with Crippen LogP contribution in [-0.2, 0) is 4.79 Å². The van der Waals surface area contributed by atoms with Crippen LogP contribution in [0, 0.1) is 18.8 Å². The fourth-order valence-electron chi connectivity index (χ4n) is 3.58. The van der Waals surface area contributed by atoms with E-state index in [1.807, 2.05) is 13.0 Å². The van der Waals surface area contributed by atoms with E-state index in [2.05, 4.69) is 19.2 Å². The molecule has 1 aliphatic carbocycles. The first-order valence-corrected chi connectivity index (χ1v) is 8.90. The van der Waals surface area contributed by atoms with Crippen molar-refractivity contribution in [1.82, 2.24) is 5.32 Å². The van der Waals surface area contributed by atoms with Gasteiger partial charge in [0.25, 0.3) is 5.91 Å². The first-order chi connectivity index (χ1) is 11.9. The molecule has 1 N–H and O–H groups in total. The molecule has 1 fully saturated rings. The largest absolute Gasteiger partial charge is 0.484 e. The molecule has 1 saturated carbocycles. The topological polar surface area (TPSA) is 68.5 Å². The van der Waals surface area contributed by atoms with Gasteiger partial charge in [0.05, 0.1) is 0 Å². The number of benzene rings is 1. The quantitative estimate of drug-likeness (QED) is 0.864. The van der Waals surface area contributed by atoms with Crippen molar-refractivity contribution >= 4 is 16.9 Å². The summed E-state index contributed by atoms with van der Waals surface area (Å²) >= 11 is 0. The lowest BCUT2D eigenvalue weighted by Gasteiger charge is -2.34. The Morgan fingerprint density at radius 3 is 2.88 bits per heavy atom. The monoisotopic (exact) mass is 343 g/mol. The Morgan fingerprint density at radius 2 is 2.08 bits per heavy atom. The van der Waals surface area contributed by atoms with Gasteiger partial charge in [0.1, 0.15) is 11.3 Å². The van der Waals surface area contributed by atoms with Gasteiger partial charge < -0.3 is 14.5 Å².